The summed E-state index contributed by atoms with van der Waals surface area (Å²) in [7, 11) is 1.84. The van der Waals surface area contributed by atoms with Gasteiger partial charge in [-0.15, -0.1) is 24.0 Å². The number of hydrogen-bond acceptors (Lipinski definition) is 3. The number of guanidine groups is 1. The summed E-state index contributed by atoms with van der Waals surface area (Å²) in [5.41, 5.74) is 2.22. The smallest absolute Gasteiger partial charge is 0.253 e. The number of amides is 1. The molecule has 3 heterocycles. The number of likely N-dealkylation sites (tertiary alicyclic amines) is 2. The Balaban J connectivity index is 0.00000240. The van der Waals surface area contributed by atoms with E-state index in [9.17, 15) is 4.79 Å². The maximum Gasteiger partial charge on any atom is 0.253 e. The van der Waals surface area contributed by atoms with Crippen molar-refractivity contribution in [2.24, 2.45) is 10.4 Å². The molecule has 4 rings (SSSR count). The second-order valence-corrected chi connectivity index (χ2v) is 8.43. The fraction of sp³-hybridized carbons (Fsp3) is 0.636. The normalized spacial score (nSPS) is 24.7. The van der Waals surface area contributed by atoms with Gasteiger partial charge in [-0.3, -0.25) is 9.79 Å². The van der Waals surface area contributed by atoms with Crippen molar-refractivity contribution in [2.45, 2.75) is 38.6 Å². The molecule has 0 bridgehead atoms. The summed E-state index contributed by atoms with van der Waals surface area (Å²) in [6.07, 6.45) is 5.79. The molecular formula is C22H33IN4O2. The molecule has 1 aromatic carbocycles. The van der Waals surface area contributed by atoms with Crippen molar-refractivity contribution < 1.29 is 9.53 Å². The van der Waals surface area contributed by atoms with Crippen molar-refractivity contribution in [1.82, 2.24) is 15.1 Å². The second-order valence-electron chi connectivity index (χ2n) is 8.43. The summed E-state index contributed by atoms with van der Waals surface area (Å²) in [5.74, 6) is 1.10. The maximum atomic E-state index is 12.8. The van der Waals surface area contributed by atoms with E-state index in [4.69, 9.17) is 4.74 Å². The highest BCUT2D eigenvalue weighted by atomic mass is 127. The van der Waals surface area contributed by atoms with E-state index in [1.54, 1.807) is 0 Å². The van der Waals surface area contributed by atoms with Crippen LogP contribution < -0.4 is 5.32 Å². The number of ether oxygens (including phenoxy) is 1. The third-order valence-electron chi connectivity index (χ3n) is 6.40. The lowest BCUT2D eigenvalue weighted by Crippen LogP contribution is -2.41. The van der Waals surface area contributed by atoms with Crippen molar-refractivity contribution in [3.63, 3.8) is 0 Å². The van der Waals surface area contributed by atoms with E-state index < -0.39 is 0 Å². The summed E-state index contributed by atoms with van der Waals surface area (Å²) < 4.78 is 5.64. The molecule has 0 aliphatic carbocycles. The number of carbonyl (C=O) groups is 1. The first-order chi connectivity index (χ1) is 13.7. The van der Waals surface area contributed by atoms with Gasteiger partial charge in [0.2, 0.25) is 0 Å². The molecule has 0 saturated carbocycles. The monoisotopic (exact) mass is 512 g/mol. The van der Waals surface area contributed by atoms with Gasteiger partial charge in [0.25, 0.3) is 5.91 Å². The number of benzene rings is 1. The number of nitrogens with zero attached hydrogens (tertiary/aromatic N) is 3. The molecule has 29 heavy (non-hydrogen) atoms. The Kier molecular flexibility index (Phi) is 7.79. The first-order valence-corrected chi connectivity index (χ1v) is 10.6. The minimum atomic E-state index is 0. The van der Waals surface area contributed by atoms with Crippen molar-refractivity contribution in [2.75, 3.05) is 46.4 Å². The largest absolute Gasteiger partial charge is 0.381 e. The van der Waals surface area contributed by atoms with Crippen LogP contribution in [-0.2, 0) is 11.3 Å². The van der Waals surface area contributed by atoms with Gasteiger partial charge < -0.3 is 19.9 Å². The van der Waals surface area contributed by atoms with Crippen molar-refractivity contribution in [1.29, 1.82) is 0 Å². The molecule has 1 amide bonds. The molecule has 1 N–H and O–H groups in total. The zero-order valence-corrected chi connectivity index (χ0v) is 19.7. The van der Waals surface area contributed by atoms with E-state index in [0.717, 1.165) is 75.7 Å². The van der Waals surface area contributed by atoms with Gasteiger partial charge in [0, 0.05) is 57.4 Å². The lowest BCUT2D eigenvalue weighted by atomic mass is 9.87. The third kappa shape index (κ3) is 5.23. The number of hydrogen-bond donors (Lipinski definition) is 1. The zero-order chi connectivity index (χ0) is 19.4. The van der Waals surface area contributed by atoms with Gasteiger partial charge in [-0.1, -0.05) is 12.1 Å². The number of rotatable bonds is 3. The number of aliphatic imine (C=N–C) groups is 1. The van der Waals surface area contributed by atoms with Crippen LogP contribution in [0.2, 0.25) is 0 Å². The summed E-state index contributed by atoms with van der Waals surface area (Å²) in [4.78, 5) is 21.6. The third-order valence-corrected chi connectivity index (χ3v) is 6.40. The van der Waals surface area contributed by atoms with Crippen molar-refractivity contribution in [3.05, 3.63) is 35.4 Å². The Morgan fingerprint density at radius 3 is 2.72 bits per heavy atom. The first-order valence-electron chi connectivity index (χ1n) is 10.6. The molecule has 1 aromatic rings. The fourth-order valence-electron chi connectivity index (χ4n) is 4.69. The zero-order valence-electron chi connectivity index (χ0n) is 17.4. The summed E-state index contributed by atoms with van der Waals surface area (Å²) in [6.45, 7) is 6.24. The van der Waals surface area contributed by atoms with E-state index in [1.807, 2.05) is 30.1 Å². The number of halogens is 1. The average Bonchev–Trinajstić information content (AvgIpc) is 3.39. The van der Waals surface area contributed by atoms with Crippen LogP contribution in [-0.4, -0.2) is 68.1 Å². The Bertz CT molecular complexity index is 727. The molecular weight excluding hydrogens is 479 g/mol. The fourth-order valence-corrected chi connectivity index (χ4v) is 4.69. The van der Waals surface area contributed by atoms with Gasteiger partial charge in [-0.2, -0.15) is 0 Å². The first kappa shape index (κ1) is 22.3. The summed E-state index contributed by atoms with van der Waals surface area (Å²) >= 11 is 0. The molecule has 160 valence electrons. The molecule has 1 unspecified atom stereocenters. The minimum absolute atomic E-state index is 0. The van der Waals surface area contributed by atoms with Crippen LogP contribution in [0.15, 0.2) is 29.3 Å². The minimum Gasteiger partial charge on any atom is -0.381 e. The van der Waals surface area contributed by atoms with Gasteiger partial charge in [-0.05, 0) is 49.8 Å². The standard InChI is InChI=1S/C22H32N4O2.HI/c1-23-21(26-12-8-22(16-26)9-13-28-17-22)24-15-18-6-5-7-19(14-18)20(27)25-10-3-2-4-11-25;/h5-7,14H,2-4,8-13,15-17H2,1H3,(H,23,24);1H. The number of piperidine rings is 1. The Morgan fingerprint density at radius 1 is 1.17 bits per heavy atom. The van der Waals surface area contributed by atoms with Gasteiger partial charge in [0.05, 0.1) is 6.61 Å². The van der Waals surface area contributed by atoms with Crippen LogP contribution >= 0.6 is 24.0 Å². The summed E-state index contributed by atoms with van der Waals surface area (Å²) in [6, 6.07) is 8.01. The topological polar surface area (TPSA) is 57.2 Å². The van der Waals surface area contributed by atoms with Crippen LogP contribution in [0.3, 0.4) is 0 Å². The lowest BCUT2D eigenvalue weighted by molar-refractivity contribution is 0.0724. The maximum absolute atomic E-state index is 12.8. The lowest BCUT2D eigenvalue weighted by Gasteiger charge is -2.27. The highest BCUT2D eigenvalue weighted by molar-refractivity contribution is 14.0. The van der Waals surface area contributed by atoms with Crippen LogP contribution in [0.1, 0.15) is 48.0 Å². The van der Waals surface area contributed by atoms with Crippen LogP contribution in [0.4, 0.5) is 0 Å². The molecule has 7 heteroatoms. The summed E-state index contributed by atoms with van der Waals surface area (Å²) in [5, 5.41) is 3.49. The molecule has 0 aromatic heterocycles. The number of carbonyl (C=O) groups excluding carboxylic acids is 1. The predicted octanol–water partition coefficient (Wildman–Crippen LogP) is 3.12. The van der Waals surface area contributed by atoms with Crippen molar-refractivity contribution in [3.8, 4) is 0 Å². The average molecular weight is 512 g/mol. The van der Waals surface area contributed by atoms with E-state index in [-0.39, 0.29) is 29.9 Å². The molecule has 3 aliphatic rings. The molecule has 6 nitrogen and oxygen atoms in total. The van der Waals surface area contributed by atoms with E-state index in [2.05, 4.69) is 21.3 Å². The van der Waals surface area contributed by atoms with Gasteiger partial charge in [-0.25, -0.2) is 0 Å². The van der Waals surface area contributed by atoms with E-state index in [0.29, 0.717) is 12.0 Å². The second kappa shape index (κ2) is 10.1. The van der Waals surface area contributed by atoms with E-state index >= 15 is 0 Å². The van der Waals surface area contributed by atoms with Crippen molar-refractivity contribution >= 4 is 35.8 Å². The Hall–Kier alpha value is -1.35. The number of nitrogens with one attached hydrogen (secondary N) is 1. The quantitative estimate of drug-likeness (QED) is 0.384. The predicted molar refractivity (Wildman–Crippen MR) is 126 cm³/mol. The van der Waals surface area contributed by atoms with Gasteiger partial charge in [0.1, 0.15) is 0 Å². The SMILES string of the molecule is CN=C(NCc1cccc(C(=O)N2CCCCC2)c1)N1CCC2(CCOC2)C1.I. The van der Waals surface area contributed by atoms with Crippen LogP contribution in [0.5, 0.6) is 0 Å². The van der Waals surface area contributed by atoms with Crippen LogP contribution in [0.25, 0.3) is 0 Å². The Labute approximate surface area is 191 Å². The molecule has 1 atom stereocenters. The molecule has 3 saturated heterocycles. The molecule has 0 radical (unpaired) electrons. The van der Waals surface area contributed by atoms with E-state index in [1.165, 1.54) is 12.8 Å². The van der Waals surface area contributed by atoms with Gasteiger partial charge in [0.15, 0.2) is 5.96 Å². The molecule has 1 spiro atoms. The highest BCUT2D eigenvalue weighted by Crippen LogP contribution is 2.38. The van der Waals surface area contributed by atoms with Gasteiger partial charge >= 0.3 is 0 Å². The molecule has 3 aliphatic heterocycles. The Morgan fingerprint density at radius 2 is 2.00 bits per heavy atom. The van der Waals surface area contributed by atoms with Crippen LogP contribution in [0, 0.1) is 5.41 Å². The highest BCUT2D eigenvalue weighted by Gasteiger charge is 2.42. The molecule has 3 fully saturated rings.